The number of amides is 3. The molecule has 5 heteroatoms. The van der Waals surface area contributed by atoms with Gasteiger partial charge in [-0.2, -0.15) is 0 Å². The summed E-state index contributed by atoms with van der Waals surface area (Å²) >= 11 is 0. The zero-order valence-electron chi connectivity index (χ0n) is 13.6. The highest BCUT2D eigenvalue weighted by molar-refractivity contribution is 6.09. The average Bonchev–Trinajstić information content (AvgIpc) is 2.83. The van der Waals surface area contributed by atoms with Gasteiger partial charge in [-0.1, -0.05) is 24.3 Å². The van der Waals surface area contributed by atoms with Crippen LogP contribution in [0.5, 0.6) is 0 Å². The molecule has 5 rings (SSSR count). The second-order valence-corrected chi connectivity index (χ2v) is 7.02. The first-order valence-corrected chi connectivity index (χ1v) is 8.44. The number of nitrogens with one attached hydrogen (secondary N) is 1. The second-order valence-electron chi connectivity index (χ2n) is 7.02. The van der Waals surface area contributed by atoms with E-state index in [1.165, 1.54) is 4.90 Å². The number of aryl methyl sites for hydroxylation is 1. The number of likely N-dealkylation sites (tertiary alicyclic amines) is 1. The SMILES string of the molecule is Cc1cccc(NC(=O)CN2C(=O)C3C4C=CC(CC4)C3C2=O)c1. The Morgan fingerprint density at radius 3 is 2.29 bits per heavy atom. The van der Waals surface area contributed by atoms with Crippen LogP contribution in [0.3, 0.4) is 0 Å². The van der Waals surface area contributed by atoms with Crippen molar-refractivity contribution in [2.24, 2.45) is 23.7 Å². The van der Waals surface area contributed by atoms with Crippen molar-refractivity contribution >= 4 is 23.4 Å². The number of anilines is 1. The Hall–Kier alpha value is -2.43. The number of carbonyl (C=O) groups excluding carboxylic acids is 3. The number of carbonyl (C=O) groups is 3. The maximum atomic E-state index is 12.7. The van der Waals surface area contributed by atoms with E-state index in [0.717, 1.165) is 18.4 Å². The van der Waals surface area contributed by atoms with Gasteiger partial charge in [-0.15, -0.1) is 0 Å². The number of nitrogens with zero attached hydrogens (tertiary/aromatic N) is 1. The smallest absolute Gasteiger partial charge is 0.244 e. The molecular formula is C19H20N2O3. The van der Waals surface area contributed by atoms with Crippen molar-refractivity contribution in [3.05, 3.63) is 42.0 Å². The molecule has 1 heterocycles. The van der Waals surface area contributed by atoms with Crippen LogP contribution in [0.4, 0.5) is 5.69 Å². The Kier molecular flexibility index (Phi) is 3.52. The standard InChI is InChI=1S/C19H20N2O3/c1-11-3-2-4-14(9-11)20-15(22)10-21-18(23)16-12-5-6-13(8-7-12)17(16)19(21)24/h2-6,9,12-13,16-17H,7-8,10H2,1H3,(H,20,22). The van der Waals surface area contributed by atoms with Crippen LogP contribution in [-0.2, 0) is 14.4 Å². The van der Waals surface area contributed by atoms with Gasteiger partial charge in [0.25, 0.3) is 0 Å². The molecule has 0 aromatic heterocycles. The molecule has 5 nitrogen and oxygen atoms in total. The zero-order chi connectivity index (χ0) is 16.8. The van der Waals surface area contributed by atoms with E-state index >= 15 is 0 Å². The van der Waals surface area contributed by atoms with Gasteiger partial charge >= 0.3 is 0 Å². The summed E-state index contributed by atoms with van der Waals surface area (Å²) in [5.41, 5.74) is 1.72. The lowest BCUT2D eigenvalue weighted by molar-refractivity contribution is -0.142. The van der Waals surface area contributed by atoms with E-state index in [0.29, 0.717) is 5.69 Å². The van der Waals surface area contributed by atoms with Gasteiger partial charge in [0.05, 0.1) is 11.8 Å². The number of allylic oxidation sites excluding steroid dienone is 2. The normalized spacial score (nSPS) is 30.6. The van der Waals surface area contributed by atoms with Crippen molar-refractivity contribution in [1.82, 2.24) is 4.90 Å². The summed E-state index contributed by atoms with van der Waals surface area (Å²) in [6.45, 7) is 1.74. The van der Waals surface area contributed by atoms with Crippen molar-refractivity contribution in [2.75, 3.05) is 11.9 Å². The largest absolute Gasteiger partial charge is 0.325 e. The molecule has 4 aliphatic rings. The van der Waals surface area contributed by atoms with E-state index in [-0.39, 0.29) is 47.9 Å². The van der Waals surface area contributed by atoms with Gasteiger partial charge in [0.1, 0.15) is 6.54 Å². The highest BCUT2D eigenvalue weighted by Crippen LogP contribution is 2.49. The van der Waals surface area contributed by atoms with E-state index in [1.807, 2.05) is 25.1 Å². The van der Waals surface area contributed by atoms with Crippen molar-refractivity contribution in [1.29, 1.82) is 0 Å². The lowest BCUT2D eigenvalue weighted by Gasteiger charge is -2.38. The Morgan fingerprint density at radius 1 is 1.12 bits per heavy atom. The Labute approximate surface area is 140 Å². The number of fused-ring (bicyclic) bond motifs is 1. The molecule has 24 heavy (non-hydrogen) atoms. The minimum atomic E-state index is -0.332. The molecule has 1 saturated carbocycles. The molecule has 4 atom stereocenters. The summed E-state index contributed by atoms with van der Waals surface area (Å²) < 4.78 is 0. The van der Waals surface area contributed by atoms with Gasteiger partial charge < -0.3 is 5.32 Å². The predicted octanol–water partition coefficient (Wildman–Crippen LogP) is 2.13. The molecule has 2 bridgehead atoms. The van der Waals surface area contributed by atoms with Crippen LogP contribution >= 0.6 is 0 Å². The van der Waals surface area contributed by atoms with E-state index in [4.69, 9.17) is 0 Å². The molecule has 1 aliphatic heterocycles. The molecule has 1 aromatic carbocycles. The summed E-state index contributed by atoms with van der Waals surface area (Å²) in [4.78, 5) is 38.8. The average molecular weight is 324 g/mol. The Balaban J connectivity index is 1.48. The summed E-state index contributed by atoms with van der Waals surface area (Å²) in [6.07, 6.45) is 6.09. The first kappa shape index (κ1) is 15.1. The second kappa shape index (κ2) is 5.58. The topological polar surface area (TPSA) is 66.5 Å². The third kappa shape index (κ3) is 2.35. The monoisotopic (exact) mass is 324 g/mol. The molecule has 1 saturated heterocycles. The number of hydrogen-bond acceptors (Lipinski definition) is 3. The predicted molar refractivity (Wildman–Crippen MR) is 88.9 cm³/mol. The molecule has 0 radical (unpaired) electrons. The van der Waals surface area contributed by atoms with Crippen LogP contribution in [0.15, 0.2) is 36.4 Å². The molecule has 1 N–H and O–H groups in total. The van der Waals surface area contributed by atoms with E-state index in [1.54, 1.807) is 6.07 Å². The van der Waals surface area contributed by atoms with Gasteiger partial charge in [0.15, 0.2) is 0 Å². The minimum absolute atomic E-state index is 0.154. The van der Waals surface area contributed by atoms with Crippen LogP contribution in [0.25, 0.3) is 0 Å². The van der Waals surface area contributed by atoms with E-state index < -0.39 is 0 Å². The van der Waals surface area contributed by atoms with Gasteiger partial charge in [-0.3, -0.25) is 19.3 Å². The number of rotatable bonds is 3. The fourth-order valence-electron chi connectivity index (χ4n) is 4.36. The molecular weight excluding hydrogens is 304 g/mol. The third-order valence-corrected chi connectivity index (χ3v) is 5.45. The molecule has 3 amide bonds. The lowest BCUT2D eigenvalue weighted by atomic mass is 9.63. The maximum absolute atomic E-state index is 12.7. The van der Waals surface area contributed by atoms with Gasteiger partial charge in [0.2, 0.25) is 17.7 Å². The molecule has 124 valence electrons. The van der Waals surface area contributed by atoms with Crippen molar-refractivity contribution in [3.63, 3.8) is 0 Å². The summed E-state index contributed by atoms with van der Waals surface area (Å²) in [7, 11) is 0. The maximum Gasteiger partial charge on any atom is 0.244 e. The number of benzene rings is 1. The van der Waals surface area contributed by atoms with E-state index in [2.05, 4.69) is 17.5 Å². The fraction of sp³-hybridized carbons (Fsp3) is 0.421. The van der Waals surface area contributed by atoms with Gasteiger partial charge in [0, 0.05) is 5.69 Å². The Bertz CT molecular complexity index is 723. The molecule has 4 unspecified atom stereocenters. The molecule has 2 fully saturated rings. The first-order chi connectivity index (χ1) is 11.5. The third-order valence-electron chi connectivity index (χ3n) is 5.45. The van der Waals surface area contributed by atoms with Crippen molar-refractivity contribution in [3.8, 4) is 0 Å². The van der Waals surface area contributed by atoms with Crippen molar-refractivity contribution < 1.29 is 14.4 Å². The van der Waals surface area contributed by atoms with Crippen LogP contribution in [0.2, 0.25) is 0 Å². The summed E-state index contributed by atoms with van der Waals surface area (Å²) in [6, 6.07) is 7.45. The molecule has 0 spiro atoms. The van der Waals surface area contributed by atoms with Crippen LogP contribution in [0, 0.1) is 30.6 Å². The van der Waals surface area contributed by atoms with Crippen molar-refractivity contribution in [2.45, 2.75) is 19.8 Å². The Morgan fingerprint density at radius 2 is 1.75 bits per heavy atom. The van der Waals surface area contributed by atoms with Gasteiger partial charge in [-0.05, 0) is 49.3 Å². The first-order valence-electron chi connectivity index (χ1n) is 8.44. The molecule has 3 aliphatic carbocycles. The van der Waals surface area contributed by atoms with Gasteiger partial charge in [-0.25, -0.2) is 0 Å². The number of hydrogen-bond donors (Lipinski definition) is 1. The van der Waals surface area contributed by atoms with Crippen LogP contribution < -0.4 is 5.32 Å². The van der Waals surface area contributed by atoms with E-state index in [9.17, 15) is 14.4 Å². The zero-order valence-corrected chi connectivity index (χ0v) is 13.6. The summed E-state index contributed by atoms with van der Waals surface area (Å²) in [5, 5.41) is 2.77. The quantitative estimate of drug-likeness (QED) is 0.684. The van der Waals surface area contributed by atoms with Crippen LogP contribution in [-0.4, -0.2) is 29.2 Å². The lowest BCUT2D eigenvalue weighted by Crippen LogP contribution is -2.38. The highest BCUT2D eigenvalue weighted by atomic mass is 16.2. The fourth-order valence-corrected chi connectivity index (χ4v) is 4.36. The molecule has 1 aromatic rings. The van der Waals surface area contributed by atoms with Crippen LogP contribution in [0.1, 0.15) is 18.4 Å². The number of imide groups is 1. The minimum Gasteiger partial charge on any atom is -0.325 e. The summed E-state index contributed by atoms with van der Waals surface area (Å²) in [5.74, 6) is -0.892. The highest BCUT2D eigenvalue weighted by Gasteiger charge is 2.56.